The molecular formula is C17H32O. The molecule has 1 N–H and O–H groups in total. The fourth-order valence-electron chi connectivity index (χ4n) is 4.19. The molecule has 0 spiro atoms. The van der Waals surface area contributed by atoms with Gasteiger partial charge in [-0.05, 0) is 61.7 Å². The van der Waals surface area contributed by atoms with E-state index >= 15 is 0 Å². The second-order valence-corrected chi connectivity index (χ2v) is 8.20. The van der Waals surface area contributed by atoms with E-state index in [-0.39, 0.29) is 5.60 Å². The lowest BCUT2D eigenvalue weighted by Crippen LogP contribution is -2.44. The molecule has 0 aromatic carbocycles. The number of hydrogen-bond donors (Lipinski definition) is 1. The van der Waals surface area contributed by atoms with Gasteiger partial charge in [0.25, 0.3) is 0 Å². The quantitative estimate of drug-likeness (QED) is 0.712. The Morgan fingerprint density at radius 2 is 1.39 bits per heavy atom. The topological polar surface area (TPSA) is 20.2 Å². The molecule has 0 aliphatic heterocycles. The van der Waals surface area contributed by atoms with E-state index in [0.717, 1.165) is 24.7 Å². The smallest absolute Gasteiger partial charge is 0.0676 e. The van der Waals surface area contributed by atoms with Crippen molar-refractivity contribution in [3.05, 3.63) is 0 Å². The largest absolute Gasteiger partial charge is 0.390 e. The molecule has 2 saturated carbocycles. The van der Waals surface area contributed by atoms with E-state index in [9.17, 15) is 5.11 Å². The molecule has 2 aliphatic carbocycles. The molecular weight excluding hydrogens is 220 g/mol. The minimum atomic E-state index is -0.318. The third-order valence-corrected chi connectivity index (χ3v) is 5.85. The molecule has 0 saturated heterocycles. The van der Waals surface area contributed by atoms with Gasteiger partial charge in [-0.2, -0.15) is 0 Å². The summed E-state index contributed by atoms with van der Waals surface area (Å²) in [6, 6.07) is 0. The monoisotopic (exact) mass is 252 g/mol. The Hall–Kier alpha value is -0.0400. The van der Waals surface area contributed by atoms with E-state index in [1.165, 1.54) is 38.5 Å². The van der Waals surface area contributed by atoms with E-state index in [4.69, 9.17) is 0 Å². The summed E-state index contributed by atoms with van der Waals surface area (Å²) in [7, 11) is 0. The highest BCUT2D eigenvalue weighted by Crippen LogP contribution is 2.47. The summed E-state index contributed by atoms with van der Waals surface area (Å²) < 4.78 is 0. The predicted octanol–water partition coefficient (Wildman–Crippen LogP) is 4.78. The van der Waals surface area contributed by atoms with Gasteiger partial charge in [0.15, 0.2) is 0 Å². The van der Waals surface area contributed by atoms with Crippen molar-refractivity contribution in [3.63, 3.8) is 0 Å². The first-order chi connectivity index (χ1) is 8.31. The van der Waals surface area contributed by atoms with Crippen molar-refractivity contribution < 1.29 is 5.11 Å². The maximum Gasteiger partial charge on any atom is 0.0676 e. The standard InChI is InChI=1S/C17H32O/c1-13-5-7-15(8-6-13)17(18)11-9-14(10-12-17)16(2,3)4/h13-15,18H,5-12H2,1-4H3. The van der Waals surface area contributed by atoms with E-state index in [2.05, 4.69) is 27.7 Å². The van der Waals surface area contributed by atoms with Crippen LogP contribution < -0.4 is 0 Å². The molecule has 0 amide bonds. The molecule has 0 heterocycles. The second kappa shape index (κ2) is 5.15. The lowest BCUT2D eigenvalue weighted by atomic mass is 9.62. The van der Waals surface area contributed by atoms with Crippen LogP contribution in [0.15, 0.2) is 0 Å². The normalized spacial score (nSPS) is 42.8. The van der Waals surface area contributed by atoms with Gasteiger partial charge in [-0.25, -0.2) is 0 Å². The van der Waals surface area contributed by atoms with Crippen LogP contribution in [0.2, 0.25) is 0 Å². The molecule has 0 atom stereocenters. The SMILES string of the molecule is CC1CCC(C2(O)CCC(C(C)(C)C)CC2)CC1. The van der Waals surface area contributed by atoms with Crippen LogP contribution in [-0.2, 0) is 0 Å². The summed E-state index contributed by atoms with van der Waals surface area (Å²) in [4.78, 5) is 0. The summed E-state index contributed by atoms with van der Waals surface area (Å²) in [5.74, 6) is 2.28. The zero-order chi connectivity index (χ0) is 13.4. The summed E-state index contributed by atoms with van der Waals surface area (Å²) in [5.41, 5.74) is 0.101. The van der Waals surface area contributed by atoms with Gasteiger partial charge in [-0.3, -0.25) is 0 Å². The van der Waals surface area contributed by atoms with E-state index in [1.807, 2.05) is 0 Å². The van der Waals surface area contributed by atoms with Gasteiger partial charge in [-0.15, -0.1) is 0 Å². The second-order valence-electron chi connectivity index (χ2n) is 8.20. The minimum Gasteiger partial charge on any atom is -0.390 e. The first-order valence-corrected chi connectivity index (χ1v) is 8.03. The molecule has 0 unspecified atom stereocenters. The van der Waals surface area contributed by atoms with Crippen molar-refractivity contribution in [1.82, 2.24) is 0 Å². The van der Waals surface area contributed by atoms with Crippen molar-refractivity contribution in [2.45, 2.75) is 84.7 Å². The molecule has 2 aliphatic rings. The maximum absolute atomic E-state index is 11.0. The Morgan fingerprint density at radius 3 is 1.83 bits per heavy atom. The average Bonchev–Trinajstić information content (AvgIpc) is 2.29. The third-order valence-electron chi connectivity index (χ3n) is 5.85. The van der Waals surface area contributed by atoms with Crippen LogP contribution in [0.5, 0.6) is 0 Å². The van der Waals surface area contributed by atoms with Gasteiger partial charge in [0.1, 0.15) is 0 Å². The van der Waals surface area contributed by atoms with Crippen LogP contribution in [-0.4, -0.2) is 10.7 Å². The van der Waals surface area contributed by atoms with Crippen LogP contribution in [0.4, 0.5) is 0 Å². The molecule has 2 rings (SSSR count). The van der Waals surface area contributed by atoms with Crippen LogP contribution >= 0.6 is 0 Å². The molecule has 2 fully saturated rings. The zero-order valence-corrected chi connectivity index (χ0v) is 12.8. The zero-order valence-electron chi connectivity index (χ0n) is 12.8. The fourth-order valence-corrected chi connectivity index (χ4v) is 4.19. The Balaban J connectivity index is 1.91. The number of rotatable bonds is 1. The van der Waals surface area contributed by atoms with Crippen LogP contribution in [0.25, 0.3) is 0 Å². The van der Waals surface area contributed by atoms with Gasteiger partial charge in [0.05, 0.1) is 5.60 Å². The Morgan fingerprint density at radius 1 is 0.889 bits per heavy atom. The van der Waals surface area contributed by atoms with Gasteiger partial charge in [0.2, 0.25) is 0 Å². The lowest BCUT2D eigenvalue weighted by Gasteiger charge is -2.46. The molecule has 18 heavy (non-hydrogen) atoms. The van der Waals surface area contributed by atoms with Crippen molar-refractivity contribution >= 4 is 0 Å². The van der Waals surface area contributed by atoms with Gasteiger partial charge >= 0.3 is 0 Å². The molecule has 0 bridgehead atoms. The number of hydrogen-bond acceptors (Lipinski definition) is 1. The molecule has 1 heteroatoms. The van der Waals surface area contributed by atoms with Crippen molar-refractivity contribution in [2.75, 3.05) is 0 Å². The maximum atomic E-state index is 11.0. The van der Waals surface area contributed by atoms with Gasteiger partial charge in [-0.1, -0.05) is 40.5 Å². The highest BCUT2D eigenvalue weighted by Gasteiger charge is 2.42. The first-order valence-electron chi connectivity index (χ1n) is 8.03. The highest BCUT2D eigenvalue weighted by molar-refractivity contribution is 4.94. The number of aliphatic hydroxyl groups is 1. The van der Waals surface area contributed by atoms with Crippen LogP contribution in [0, 0.1) is 23.2 Å². The van der Waals surface area contributed by atoms with Gasteiger partial charge in [0, 0.05) is 0 Å². The molecule has 0 aromatic rings. The summed E-state index contributed by atoms with van der Waals surface area (Å²) in [6.45, 7) is 9.41. The molecule has 1 nitrogen and oxygen atoms in total. The summed E-state index contributed by atoms with van der Waals surface area (Å²) in [6.07, 6.45) is 9.74. The van der Waals surface area contributed by atoms with Crippen LogP contribution in [0.1, 0.15) is 79.1 Å². The third kappa shape index (κ3) is 3.10. The van der Waals surface area contributed by atoms with Crippen molar-refractivity contribution in [3.8, 4) is 0 Å². The van der Waals surface area contributed by atoms with E-state index in [0.29, 0.717) is 11.3 Å². The van der Waals surface area contributed by atoms with E-state index < -0.39 is 0 Å². The first kappa shape index (κ1) is 14.4. The van der Waals surface area contributed by atoms with Crippen molar-refractivity contribution in [2.24, 2.45) is 23.2 Å². The minimum absolute atomic E-state index is 0.318. The molecule has 106 valence electrons. The van der Waals surface area contributed by atoms with Crippen LogP contribution in [0.3, 0.4) is 0 Å². The van der Waals surface area contributed by atoms with Crippen molar-refractivity contribution in [1.29, 1.82) is 0 Å². The molecule has 0 aromatic heterocycles. The highest BCUT2D eigenvalue weighted by atomic mass is 16.3. The Kier molecular flexibility index (Phi) is 4.11. The van der Waals surface area contributed by atoms with E-state index in [1.54, 1.807) is 0 Å². The summed E-state index contributed by atoms with van der Waals surface area (Å²) >= 11 is 0. The Labute approximate surface area is 113 Å². The lowest BCUT2D eigenvalue weighted by molar-refractivity contribution is -0.0827. The fraction of sp³-hybridized carbons (Fsp3) is 1.00. The van der Waals surface area contributed by atoms with Gasteiger partial charge < -0.3 is 5.11 Å². The summed E-state index contributed by atoms with van der Waals surface area (Å²) in [5, 5.41) is 11.0. The predicted molar refractivity (Wildman–Crippen MR) is 77.5 cm³/mol. The average molecular weight is 252 g/mol. The molecule has 0 radical (unpaired) electrons. The Bertz CT molecular complexity index is 260.